The first-order valence-corrected chi connectivity index (χ1v) is 15.1. The zero-order valence-electron chi connectivity index (χ0n) is 21.9. The number of nitrogens with one attached hydrogen (secondary N) is 1. The minimum atomic E-state index is -4.28. The molecule has 0 heterocycles. The average molecular weight is 607 g/mol. The lowest BCUT2D eigenvalue weighted by Gasteiger charge is -2.32. The van der Waals surface area contributed by atoms with Crippen LogP contribution in [0.5, 0.6) is 0 Å². The fourth-order valence-electron chi connectivity index (χ4n) is 4.66. The maximum Gasteiger partial charge on any atom is 0.264 e. The van der Waals surface area contributed by atoms with Crippen LogP contribution in [0.25, 0.3) is 0 Å². The van der Waals surface area contributed by atoms with E-state index in [9.17, 15) is 22.4 Å². The van der Waals surface area contributed by atoms with E-state index in [1.807, 2.05) is 0 Å². The minimum absolute atomic E-state index is 0.0330. The zero-order valence-corrected chi connectivity index (χ0v) is 24.2. The maximum absolute atomic E-state index is 13.9. The van der Waals surface area contributed by atoms with E-state index < -0.39 is 34.3 Å². The molecule has 1 atom stereocenters. The molecule has 2 amide bonds. The highest BCUT2D eigenvalue weighted by molar-refractivity contribution is 7.92. The van der Waals surface area contributed by atoms with Gasteiger partial charge in [0.25, 0.3) is 10.0 Å². The van der Waals surface area contributed by atoms with Crippen molar-refractivity contribution in [1.82, 2.24) is 10.2 Å². The molecule has 1 N–H and O–H groups in total. The number of amides is 2. The molecule has 0 saturated heterocycles. The second kappa shape index (κ2) is 13.0. The van der Waals surface area contributed by atoms with Crippen molar-refractivity contribution in [3.05, 3.63) is 94.2 Å². The molecule has 11 heteroatoms. The molecule has 0 aromatic heterocycles. The van der Waals surface area contributed by atoms with E-state index in [0.717, 1.165) is 54.3 Å². The van der Waals surface area contributed by atoms with Gasteiger partial charge in [-0.2, -0.15) is 0 Å². The lowest BCUT2D eigenvalue weighted by Crippen LogP contribution is -2.52. The summed E-state index contributed by atoms with van der Waals surface area (Å²) in [5, 5.41) is 3.74. The van der Waals surface area contributed by atoms with Crippen LogP contribution in [0.4, 0.5) is 10.1 Å². The third-order valence-corrected chi connectivity index (χ3v) is 9.32. The Labute approximate surface area is 243 Å². The molecule has 1 aliphatic rings. The highest BCUT2D eigenvalue weighted by atomic mass is 35.5. The summed E-state index contributed by atoms with van der Waals surface area (Å²) in [4.78, 5) is 28.3. The molecule has 0 radical (unpaired) electrons. The van der Waals surface area contributed by atoms with Gasteiger partial charge >= 0.3 is 0 Å². The standard InChI is InChI=1S/C29H30Cl2FN3O4S/c1-20(29(37)33-24-7-5-6-8-24)34(18-21-11-12-22(30)17-27(21)31)28(36)19-35(25-9-3-2-4-10-25)40(38,39)26-15-13-23(32)14-16-26/h2-4,9-17,20,24H,5-8,18-19H2,1H3,(H,33,37)/t20-/m1/s1. The van der Waals surface area contributed by atoms with E-state index in [2.05, 4.69) is 5.32 Å². The monoisotopic (exact) mass is 605 g/mol. The van der Waals surface area contributed by atoms with Gasteiger partial charge in [-0.3, -0.25) is 13.9 Å². The van der Waals surface area contributed by atoms with Crippen LogP contribution in [0.2, 0.25) is 10.0 Å². The van der Waals surface area contributed by atoms with E-state index >= 15 is 0 Å². The summed E-state index contributed by atoms with van der Waals surface area (Å²) in [5.41, 5.74) is 0.792. The molecule has 1 saturated carbocycles. The predicted octanol–water partition coefficient (Wildman–Crippen LogP) is 5.80. The third-order valence-electron chi connectivity index (χ3n) is 6.95. The van der Waals surface area contributed by atoms with Gasteiger partial charge in [-0.1, -0.05) is 60.3 Å². The molecule has 3 aromatic rings. The van der Waals surface area contributed by atoms with Crippen LogP contribution < -0.4 is 9.62 Å². The Kier molecular flexibility index (Phi) is 9.71. The minimum Gasteiger partial charge on any atom is -0.352 e. The highest BCUT2D eigenvalue weighted by Gasteiger charge is 2.33. The Morgan fingerprint density at radius 3 is 2.27 bits per heavy atom. The van der Waals surface area contributed by atoms with Gasteiger partial charge in [0.05, 0.1) is 10.6 Å². The smallest absolute Gasteiger partial charge is 0.264 e. The molecule has 4 rings (SSSR count). The van der Waals surface area contributed by atoms with Gasteiger partial charge in [0.1, 0.15) is 18.4 Å². The number of halogens is 3. The lowest BCUT2D eigenvalue weighted by atomic mass is 10.1. The summed E-state index contributed by atoms with van der Waals surface area (Å²) in [5.74, 6) is -1.54. The van der Waals surface area contributed by atoms with E-state index in [0.29, 0.717) is 15.6 Å². The fourth-order valence-corrected chi connectivity index (χ4v) is 6.55. The fraction of sp³-hybridized carbons (Fsp3) is 0.310. The number of hydrogen-bond acceptors (Lipinski definition) is 4. The van der Waals surface area contributed by atoms with E-state index in [4.69, 9.17) is 23.2 Å². The number of para-hydroxylation sites is 1. The van der Waals surface area contributed by atoms with Crippen LogP contribution in [0.1, 0.15) is 38.2 Å². The van der Waals surface area contributed by atoms with Crippen LogP contribution >= 0.6 is 23.2 Å². The first-order chi connectivity index (χ1) is 19.1. The molecule has 0 aliphatic heterocycles. The second-order valence-corrected chi connectivity index (χ2v) is 12.4. The van der Waals surface area contributed by atoms with Crippen LogP contribution in [-0.2, 0) is 26.2 Å². The van der Waals surface area contributed by atoms with E-state index in [1.165, 1.54) is 4.90 Å². The first-order valence-electron chi connectivity index (χ1n) is 12.9. The van der Waals surface area contributed by atoms with Crippen molar-refractivity contribution in [2.24, 2.45) is 0 Å². The van der Waals surface area contributed by atoms with Crippen molar-refractivity contribution >= 4 is 50.7 Å². The molecule has 1 fully saturated rings. The molecule has 0 spiro atoms. The van der Waals surface area contributed by atoms with Gasteiger partial charge in [0.15, 0.2) is 0 Å². The Morgan fingerprint density at radius 1 is 1.00 bits per heavy atom. The van der Waals surface area contributed by atoms with Crippen LogP contribution in [0.15, 0.2) is 77.7 Å². The Balaban J connectivity index is 1.68. The summed E-state index contributed by atoms with van der Waals surface area (Å²) < 4.78 is 41.9. The Hall–Kier alpha value is -3.14. The summed E-state index contributed by atoms with van der Waals surface area (Å²) >= 11 is 12.5. The quantitative estimate of drug-likeness (QED) is 0.316. The van der Waals surface area contributed by atoms with Gasteiger partial charge in [0, 0.05) is 22.6 Å². The van der Waals surface area contributed by atoms with Gasteiger partial charge < -0.3 is 10.2 Å². The van der Waals surface area contributed by atoms with Crippen molar-refractivity contribution in [3.8, 4) is 0 Å². The third kappa shape index (κ3) is 7.13. The average Bonchev–Trinajstić information content (AvgIpc) is 3.44. The molecule has 212 valence electrons. The summed E-state index contributed by atoms with van der Waals surface area (Å²) in [6.45, 7) is 0.955. The van der Waals surface area contributed by atoms with Crippen molar-refractivity contribution in [2.75, 3.05) is 10.8 Å². The van der Waals surface area contributed by atoms with Crippen molar-refractivity contribution in [2.45, 2.75) is 56.1 Å². The van der Waals surface area contributed by atoms with E-state index in [-0.39, 0.29) is 29.1 Å². The number of anilines is 1. The van der Waals surface area contributed by atoms with Crippen LogP contribution in [-0.4, -0.2) is 43.8 Å². The molecule has 3 aromatic carbocycles. The first kappa shape index (κ1) is 29.8. The second-order valence-electron chi connectivity index (χ2n) is 9.72. The number of sulfonamides is 1. The highest BCUT2D eigenvalue weighted by Crippen LogP contribution is 2.27. The molecule has 0 bridgehead atoms. The number of hydrogen-bond donors (Lipinski definition) is 1. The SMILES string of the molecule is C[C@H](C(=O)NC1CCCC1)N(Cc1ccc(Cl)cc1Cl)C(=O)CN(c1ccccc1)S(=O)(=O)c1ccc(F)cc1. The number of rotatable bonds is 10. The number of benzene rings is 3. The number of carbonyl (C=O) groups excluding carboxylic acids is 2. The zero-order chi connectivity index (χ0) is 28.9. The Morgan fingerprint density at radius 2 is 1.65 bits per heavy atom. The normalized spacial score (nSPS) is 14.5. The lowest BCUT2D eigenvalue weighted by molar-refractivity contribution is -0.139. The number of nitrogens with zero attached hydrogens (tertiary/aromatic N) is 2. The Bertz CT molecular complexity index is 1450. The summed E-state index contributed by atoms with van der Waals surface area (Å²) in [6, 6.07) is 16.5. The predicted molar refractivity (Wildman–Crippen MR) is 154 cm³/mol. The van der Waals surface area contributed by atoms with Gasteiger partial charge in [-0.15, -0.1) is 0 Å². The van der Waals surface area contributed by atoms with Crippen molar-refractivity contribution in [1.29, 1.82) is 0 Å². The van der Waals surface area contributed by atoms with Gasteiger partial charge in [-0.05, 0) is 73.9 Å². The van der Waals surface area contributed by atoms with Crippen LogP contribution in [0.3, 0.4) is 0 Å². The maximum atomic E-state index is 13.9. The van der Waals surface area contributed by atoms with Crippen LogP contribution in [0, 0.1) is 5.82 Å². The van der Waals surface area contributed by atoms with Gasteiger partial charge in [-0.25, -0.2) is 12.8 Å². The van der Waals surface area contributed by atoms with Gasteiger partial charge in [0.2, 0.25) is 11.8 Å². The molecule has 7 nitrogen and oxygen atoms in total. The summed E-state index contributed by atoms with van der Waals surface area (Å²) in [7, 11) is -4.28. The number of carbonyl (C=O) groups is 2. The molecular formula is C29H30Cl2FN3O4S. The largest absolute Gasteiger partial charge is 0.352 e. The topological polar surface area (TPSA) is 86.8 Å². The van der Waals surface area contributed by atoms with E-state index in [1.54, 1.807) is 55.5 Å². The van der Waals surface area contributed by atoms with Crippen molar-refractivity contribution in [3.63, 3.8) is 0 Å². The van der Waals surface area contributed by atoms with Crippen molar-refractivity contribution < 1.29 is 22.4 Å². The molecule has 1 aliphatic carbocycles. The molecular weight excluding hydrogens is 576 g/mol. The molecule has 0 unspecified atom stereocenters. The molecule has 40 heavy (non-hydrogen) atoms. The summed E-state index contributed by atoms with van der Waals surface area (Å²) in [6.07, 6.45) is 3.78.